The van der Waals surface area contributed by atoms with Crippen LogP contribution >= 0.6 is 11.6 Å². The molecule has 0 aromatic heterocycles. The molecule has 5 heteroatoms. The Morgan fingerprint density at radius 1 is 1.17 bits per heavy atom. The van der Waals surface area contributed by atoms with Gasteiger partial charge in [0.05, 0.1) is 23.7 Å². The second-order valence-corrected chi connectivity index (χ2v) is 7.00. The third-order valence-electron chi connectivity index (χ3n) is 4.88. The Bertz CT molecular complexity index is 481. The van der Waals surface area contributed by atoms with E-state index in [2.05, 4.69) is 0 Å². The Kier molecular flexibility index (Phi) is 7.03. The molecule has 2 rings (SSSR count). The Labute approximate surface area is 142 Å². The fourth-order valence-corrected chi connectivity index (χ4v) is 3.83. The molecule has 0 bridgehead atoms. The van der Waals surface area contributed by atoms with Crippen LogP contribution in [0.4, 0.5) is 0 Å². The summed E-state index contributed by atoms with van der Waals surface area (Å²) in [6.45, 7) is 0. The van der Waals surface area contributed by atoms with Crippen molar-refractivity contribution in [2.24, 2.45) is 11.8 Å². The van der Waals surface area contributed by atoms with Gasteiger partial charge in [-0.1, -0.05) is 30.3 Å². The zero-order valence-corrected chi connectivity index (χ0v) is 13.8. The maximum absolute atomic E-state index is 10.8. The van der Waals surface area contributed by atoms with Gasteiger partial charge in [0.1, 0.15) is 6.29 Å². The van der Waals surface area contributed by atoms with Crippen molar-refractivity contribution < 1.29 is 20.1 Å². The monoisotopic (exact) mass is 340 g/mol. The summed E-state index contributed by atoms with van der Waals surface area (Å²) in [6.07, 6.45) is 0.907. The number of aliphatic hydroxyl groups excluding tert-OH is 3. The van der Waals surface area contributed by atoms with E-state index in [0.717, 1.165) is 18.3 Å². The number of benzene rings is 1. The average molecular weight is 341 g/mol. The lowest BCUT2D eigenvalue weighted by Gasteiger charge is -2.26. The van der Waals surface area contributed by atoms with Crippen molar-refractivity contribution in [3.63, 3.8) is 0 Å². The molecular formula is C18H25ClO4. The average Bonchev–Trinajstić information content (AvgIpc) is 2.81. The van der Waals surface area contributed by atoms with Crippen LogP contribution in [-0.2, 0) is 11.2 Å². The van der Waals surface area contributed by atoms with Gasteiger partial charge in [0, 0.05) is 6.42 Å². The summed E-state index contributed by atoms with van der Waals surface area (Å²) in [6, 6.07) is 9.88. The summed E-state index contributed by atoms with van der Waals surface area (Å²) >= 11 is 6.32. The van der Waals surface area contributed by atoms with E-state index in [1.54, 1.807) is 0 Å². The first-order valence-electron chi connectivity index (χ1n) is 8.18. The quantitative estimate of drug-likeness (QED) is 0.499. The van der Waals surface area contributed by atoms with Crippen molar-refractivity contribution in [2.45, 2.75) is 55.8 Å². The molecule has 0 saturated heterocycles. The number of hydrogen-bond donors (Lipinski definition) is 3. The number of alkyl halides is 1. The highest BCUT2D eigenvalue weighted by molar-refractivity contribution is 6.21. The molecule has 1 saturated carbocycles. The van der Waals surface area contributed by atoms with E-state index in [0.29, 0.717) is 12.8 Å². The van der Waals surface area contributed by atoms with Crippen LogP contribution in [0.5, 0.6) is 0 Å². The Balaban J connectivity index is 1.86. The molecule has 0 spiro atoms. The minimum absolute atomic E-state index is 0.215. The minimum atomic E-state index is -0.682. The first-order chi connectivity index (χ1) is 11.0. The first kappa shape index (κ1) is 18.4. The lowest BCUT2D eigenvalue weighted by atomic mass is 9.86. The smallest absolute Gasteiger partial charge is 0.120 e. The van der Waals surface area contributed by atoms with Crippen molar-refractivity contribution in [2.75, 3.05) is 0 Å². The molecule has 1 fully saturated rings. The van der Waals surface area contributed by atoms with E-state index in [-0.39, 0.29) is 24.7 Å². The molecule has 1 aromatic rings. The molecule has 1 unspecified atom stereocenters. The molecule has 0 radical (unpaired) electrons. The van der Waals surface area contributed by atoms with Crippen molar-refractivity contribution in [3.8, 4) is 0 Å². The van der Waals surface area contributed by atoms with Crippen LogP contribution in [0.2, 0.25) is 0 Å². The van der Waals surface area contributed by atoms with E-state index in [1.165, 1.54) is 0 Å². The predicted molar refractivity (Wildman–Crippen MR) is 89.3 cm³/mol. The zero-order valence-electron chi connectivity index (χ0n) is 13.1. The summed E-state index contributed by atoms with van der Waals surface area (Å²) in [4.78, 5) is 10.8. The fourth-order valence-electron chi connectivity index (χ4n) is 3.50. The second-order valence-electron chi connectivity index (χ2n) is 6.44. The third kappa shape index (κ3) is 5.01. The molecule has 6 atom stereocenters. The topological polar surface area (TPSA) is 77.8 Å². The summed E-state index contributed by atoms with van der Waals surface area (Å²) in [5.74, 6) is -0.519. The normalized spacial score (nSPS) is 30.1. The Morgan fingerprint density at radius 3 is 2.48 bits per heavy atom. The second kappa shape index (κ2) is 8.78. The van der Waals surface area contributed by atoms with Gasteiger partial charge in [0.2, 0.25) is 0 Å². The number of halogens is 1. The zero-order chi connectivity index (χ0) is 16.8. The molecule has 128 valence electrons. The van der Waals surface area contributed by atoms with Crippen LogP contribution in [0.25, 0.3) is 0 Å². The molecule has 0 amide bonds. The highest BCUT2D eigenvalue weighted by Gasteiger charge is 2.42. The lowest BCUT2D eigenvalue weighted by molar-refractivity contribution is -0.109. The van der Waals surface area contributed by atoms with Gasteiger partial charge in [0.25, 0.3) is 0 Å². The highest BCUT2D eigenvalue weighted by Crippen LogP contribution is 2.38. The molecule has 0 aliphatic heterocycles. The van der Waals surface area contributed by atoms with Crippen molar-refractivity contribution in [3.05, 3.63) is 35.9 Å². The number of hydrogen-bond acceptors (Lipinski definition) is 4. The van der Waals surface area contributed by atoms with Gasteiger partial charge in [-0.2, -0.15) is 0 Å². The molecule has 4 nitrogen and oxygen atoms in total. The van der Waals surface area contributed by atoms with Gasteiger partial charge in [-0.15, -0.1) is 11.6 Å². The van der Waals surface area contributed by atoms with E-state index >= 15 is 0 Å². The van der Waals surface area contributed by atoms with Gasteiger partial charge in [-0.25, -0.2) is 0 Å². The van der Waals surface area contributed by atoms with E-state index in [9.17, 15) is 20.1 Å². The van der Waals surface area contributed by atoms with Crippen molar-refractivity contribution in [1.29, 1.82) is 0 Å². The van der Waals surface area contributed by atoms with Crippen LogP contribution in [0.1, 0.15) is 31.2 Å². The van der Waals surface area contributed by atoms with Crippen molar-refractivity contribution in [1.82, 2.24) is 0 Å². The molecule has 23 heavy (non-hydrogen) atoms. The lowest BCUT2D eigenvalue weighted by Crippen LogP contribution is -2.30. The van der Waals surface area contributed by atoms with Gasteiger partial charge in [0.15, 0.2) is 0 Å². The summed E-state index contributed by atoms with van der Waals surface area (Å²) in [5, 5.41) is 29.8. The fraction of sp³-hybridized carbons (Fsp3) is 0.611. The standard InChI is InChI=1S/C18H25ClO4/c19-15(16(21)7-6-12-4-2-1-3-5-12)10-14-13(8-9-20)17(22)11-18(14)23/h1-5,9,13-18,21-23H,6-8,10-11H2/t13-,14-,15?,16+,17+,18-/m0/s1. The number of aryl methyl sites for hydroxylation is 1. The summed E-state index contributed by atoms with van der Waals surface area (Å²) < 4.78 is 0. The number of aldehydes is 1. The molecule has 1 aliphatic rings. The number of carbonyl (C=O) groups is 1. The van der Waals surface area contributed by atoms with Gasteiger partial charge < -0.3 is 20.1 Å². The SMILES string of the molecule is O=CC[C@H]1[C@H](CC(Cl)[C@H](O)CCc2ccccc2)[C@@H](O)C[C@H]1O. The van der Waals surface area contributed by atoms with E-state index in [4.69, 9.17) is 11.6 Å². The number of aliphatic hydroxyl groups is 3. The summed E-state index contributed by atoms with van der Waals surface area (Å²) in [5.41, 5.74) is 1.14. The molecule has 0 heterocycles. The van der Waals surface area contributed by atoms with Crippen LogP contribution in [0, 0.1) is 11.8 Å². The maximum Gasteiger partial charge on any atom is 0.120 e. The molecular weight excluding hydrogens is 316 g/mol. The van der Waals surface area contributed by atoms with E-state index < -0.39 is 23.7 Å². The largest absolute Gasteiger partial charge is 0.393 e. The van der Waals surface area contributed by atoms with Crippen LogP contribution in [-0.4, -0.2) is 45.3 Å². The molecule has 3 N–H and O–H groups in total. The number of carbonyl (C=O) groups excluding carboxylic acids is 1. The van der Waals surface area contributed by atoms with Gasteiger partial charge in [-0.05, 0) is 43.1 Å². The van der Waals surface area contributed by atoms with Crippen molar-refractivity contribution >= 4 is 17.9 Å². The highest BCUT2D eigenvalue weighted by atomic mass is 35.5. The van der Waals surface area contributed by atoms with Crippen LogP contribution in [0.15, 0.2) is 30.3 Å². The Hall–Kier alpha value is -0.940. The van der Waals surface area contributed by atoms with Gasteiger partial charge in [-0.3, -0.25) is 0 Å². The van der Waals surface area contributed by atoms with Crippen LogP contribution in [0.3, 0.4) is 0 Å². The summed E-state index contributed by atoms with van der Waals surface area (Å²) in [7, 11) is 0. The third-order valence-corrected chi connectivity index (χ3v) is 5.35. The Morgan fingerprint density at radius 2 is 1.83 bits per heavy atom. The molecule has 1 aromatic carbocycles. The first-order valence-corrected chi connectivity index (χ1v) is 8.62. The van der Waals surface area contributed by atoms with Crippen LogP contribution < -0.4 is 0 Å². The van der Waals surface area contributed by atoms with E-state index in [1.807, 2.05) is 30.3 Å². The van der Waals surface area contributed by atoms with Gasteiger partial charge >= 0.3 is 0 Å². The molecule has 1 aliphatic carbocycles. The number of rotatable bonds is 8. The predicted octanol–water partition coefficient (Wildman–Crippen LogP) is 1.92. The maximum atomic E-state index is 10.8. The minimum Gasteiger partial charge on any atom is -0.393 e.